The lowest BCUT2D eigenvalue weighted by Gasteiger charge is -2.13. The first-order valence-corrected chi connectivity index (χ1v) is 9.15. The van der Waals surface area contributed by atoms with E-state index in [4.69, 9.17) is 4.74 Å². The van der Waals surface area contributed by atoms with Gasteiger partial charge in [0.2, 0.25) is 0 Å². The predicted molar refractivity (Wildman–Crippen MR) is 106 cm³/mol. The van der Waals surface area contributed by atoms with E-state index in [1.54, 1.807) is 16.9 Å². The molecule has 1 N–H and O–H groups in total. The second kappa shape index (κ2) is 8.54. The van der Waals surface area contributed by atoms with Gasteiger partial charge in [-0.25, -0.2) is 4.68 Å². The van der Waals surface area contributed by atoms with Crippen molar-refractivity contribution in [2.45, 2.75) is 39.5 Å². The smallest absolute Gasteiger partial charge is 0.272 e. The molecule has 0 bridgehead atoms. The molecule has 5 nitrogen and oxygen atoms in total. The van der Waals surface area contributed by atoms with Gasteiger partial charge < -0.3 is 10.1 Å². The highest BCUT2D eigenvalue weighted by Crippen LogP contribution is 2.19. The molecule has 0 spiro atoms. The maximum atomic E-state index is 12.4. The second-order valence-corrected chi connectivity index (χ2v) is 6.84. The molecule has 3 rings (SSSR count). The maximum Gasteiger partial charge on any atom is 0.272 e. The molecule has 0 fully saturated rings. The molecule has 3 aromatic rings. The number of hydrogen-bond acceptors (Lipinski definition) is 3. The number of aromatic nitrogens is 2. The van der Waals surface area contributed by atoms with Crippen molar-refractivity contribution in [3.8, 4) is 5.75 Å². The van der Waals surface area contributed by atoms with Crippen molar-refractivity contribution >= 4 is 5.91 Å². The van der Waals surface area contributed by atoms with Crippen LogP contribution in [0.3, 0.4) is 0 Å². The van der Waals surface area contributed by atoms with Crippen molar-refractivity contribution in [2.75, 3.05) is 0 Å². The van der Waals surface area contributed by atoms with Gasteiger partial charge in [-0.2, -0.15) is 5.10 Å². The fourth-order valence-electron chi connectivity index (χ4n) is 2.74. The maximum absolute atomic E-state index is 12.4. The van der Waals surface area contributed by atoms with Crippen molar-refractivity contribution in [3.05, 3.63) is 83.7 Å². The van der Waals surface area contributed by atoms with Crippen molar-refractivity contribution in [1.29, 1.82) is 0 Å². The summed E-state index contributed by atoms with van der Waals surface area (Å²) in [5, 5.41) is 7.26. The normalized spacial score (nSPS) is 12.0. The molecule has 5 heteroatoms. The van der Waals surface area contributed by atoms with Gasteiger partial charge in [-0.05, 0) is 42.2 Å². The third kappa shape index (κ3) is 4.97. The van der Waals surface area contributed by atoms with Crippen LogP contribution < -0.4 is 10.1 Å². The minimum Gasteiger partial charge on any atom is -0.471 e. The molecule has 1 heterocycles. The molecule has 1 amide bonds. The summed E-state index contributed by atoms with van der Waals surface area (Å²) in [4.78, 5) is 12.4. The Morgan fingerprint density at radius 3 is 2.37 bits per heavy atom. The van der Waals surface area contributed by atoms with Crippen LogP contribution in [0.2, 0.25) is 0 Å². The first kappa shape index (κ1) is 18.7. The molecule has 140 valence electrons. The van der Waals surface area contributed by atoms with Crippen molar-refractivity contribution < 1.29 is 9.53 Å². The van der Waals surface area contributed by atoms with E-state index in [9.17, 15) is 4.79 Å². The van der Waals surface area contributed by atoms with Crippen LogP contribution in [0.5, 0.6) is 5.75 Å². The third-order valence-electron chi connectivity index (χ3n) is 4.43. The molecule has 0 saturated carbocycles. The van der Waals surface area contributed by atoms with E-state index in [2.05, 4.69) is 36.4 Å². The molecule has 0 aliphatic heterocycles. The number of carbonyl (C=O) groups is 1. The van der Waals surface area contributed by atoms with Crippen LogP contribution in [0, 0.1) is 0 Å². The molecular formula is C22H25N3O2. The average molecular weight is 363 g/mol. The number of rotatable bonds is 7. The molecule has 0 radical (unpaired) electrons. The number of ether oxygens (including phenoxy) is 1. The SMILES string of the molecule is CC(C)c1ccc(OCn2ccc(C(=O)NC(C)c3ccccc3)n2)cc1. The predicted octanol–water partition coefficient (Wildman–Crippen LogP) is 4.53. The van der Waals surface area contributed by atoms with Crippen molar-refractivity contribution in [3.63, 3.8) is 0 Å². The standard InChI is InChI=1S/C22H25N3O2/c1-16(2)18-9-11-20(12-10-18)27-15-25-14-13-21(24-25)22(26)23-17(3)19-7-5-4-6-8-19/h4-14,16-17H,15H2,1-3H3,(H,23,26). The van der Waals surface area contributed by atoms with Crippen LogP contribution in [0.15, 0.2) is 66.9 Å². The molecule has 1 aromatic heterocycles. The van der Waals surface area contributed by atoms with E-state index >= 15 is 0 Å². The van der Waals surface area contributed by atoms with E-state index in [-0.39, 0.29) is 18.7 Å². The van der Waals surface area contributed by atoms with Gasteiger partial charge in [-0.1, -0.05) is 56.3 Å². The van der Waals surface area contributed by atoms with E-state index < -0.39 is 0 Å². The van der Waals surface area contributed by atoms with Crippen LogP contribution >= 0.6 is 0 Å². The summed E-state index contributed by atoms with van der Waals surface area (Å²) < 4.78 is 7.35. The van der Waals surface area contributed by atoms with Gasteiger partial charge in [0.05, 0.1) is 6.04 Å². The van der Waals surface area contributed by atoms with Gasteiger partial charge in [0.25, 0.3) is 5.91 Å². The zero-order valence-corrected chi connectivity index (χ0v) is 15.9. The topological polar surface area (TPSA) is 56.1 Å². The summed E-state index contributed by atoms with van der Waals surface area (Å²) in [5.74, 6) is 1.06. The van der Waals surface area contributed by atoms with Crippen LogP contribution in [-0.2, 0) is 6.73 Å². The van der Waals surface area contributed by atoms with Gasteiger partial charge in [0.1, 0.15) is 11.4 Å². The number of carbonyl (C=O) groups excluding carboxylic acids is 1. The number of amides is 1. The largest absolute Gasteiger partial charge is 0.471 e. The molecule has 0 aliphatic rings. The van der Waals surface area contributed by atoms with Crippen LogP contribution in [0.25, 0.3) is 0 Å². The lowest BCUT2D eigenvalue weighted by Crippen LogP contribution is -2.27. The first-order chi connectivity index (χ1) is 13.0. The Kier molecular flexibility index (Phi) is 5.91. The minimum atomic E-state index is -0.202. The number of nitrogens with zero attached hydrogens (tertiary/aromatic N) is 2. The molecular weight excluding hydrogens is 338 g/mol. The fraction of sp³-hybridized carbons (Fsp3) is 0.273. The zero-order valence-electron chi connectivity index (χ0n) is 15.9. The van der Waals surface area contributed by atoms with E-state index in [1.807, 2.05) is 49.4 Å². The lowest BCUT2D eigenvalue weighted by molar-refractivity contribution is 0.0932. The summed E-state index contributed by atoms with van der Waals surface area (Å²) in [5.41, 5.74) is 2.70. The molecule has 0 saturated heterocycles. The first-order valence-electron chi connectivity index (χ1n) is 9.15. The third-order valence-corrected chi connectivity index (χ3v) is 4.43. The summed E-state index contributed by atoms with van der Waals surface area (Å²) in [6, 6.07) is 19.5. The Morgan fingerprint density at radius 2 is 1.70 bits per heavy atom. The molecule has 0 aliphatic carbocycles. The Morgan fingerprint density at radius 1 is 1.00 bits per heavy atom. The van der Waals surface area contributed by atoms with Crippen molar-refractivity contribution in [2.24, 2.45) is 0 Å². The van der Waals surface area contributed by atoms with E-state index in [0.29, 0.717) is 11.6 Å². The van der Waals surface area contributed by atoms with E-state index in [0.717, 1.165) is 11.3 Å². The number of nitrogens with one attached hydrogen (secondary N) is 1. The summed E-state index contributed by atoms with van der Waals surface area (Å²) in [6.07, 6.45) is 1.74. The van der Waals surface area contributed by atoms with Gasteiger partial charge in [0.15, 0.2) is 6.73 Å². The Balaban J connectivity index is 1.55. The summed E-state index contributed by atoms with van der Waals surface area (Å²) >= 11 is 0. The van der Waals surface area contributed by atoms with Gasteiger partial charge in [-0.15, -0.1) is 0 Å². The second-order valence-electron chi connectivity index (χ2n) is 6.84. The van der Waals surface area contributed by atoms with Crippen LogP contribution in [-0.4, -0.2) is 15.7 Å². The monoisotopic (exact) mass is 363 g/mol. The highest BCUT2D eigenvalue weighted by Gasteiger charge is 2.13. The average Bonchev–Trinajstić information content (AvgIpc) is 3.16. The van der Waals surface area contributed by atoms with Crippen LogP contribution in [0.1, 0.15) is 54.3 Å². The molecule has 2 aromatic carbocycles. The van der Waals surface area contributed by atoms with Gasteiger partial charge >= 0.3 is 0 Å². The van der Waals surface area contributed by atoms with Gasteiger partial charge in [0, 0.05) is 6.20 Å². The Bertz CT molecular complexity index is 870. The number of hydrogen-bond donors (Lipinski definition) is 1. The zero-order chi connectivity index (χ0) is 19.2. The molecule has 27 heavy (non-hydrogen) atoms. The van der Waals surface area contributed by atoms with E-state index in [1.165, 1.54) is 5.56 Å². The van der Waals surface area contributed by atoms with Gasteiger partial charge in [-0.3, -0.25) is 4.79 Å². The highest BCUT2D eigenvalue weighted by atomic mass is 16.5. The van der Waals surface area contributed by atoms with Crippen LogP contribution in [0.4, 0.5) is 0 Å². The summed E-state index contributed by atoms with van der Waals surface area (Å²) in [7, 11) is 0. The fourth-order valence-corrected chi connectivity index (χ4v) is 2.74. The number of benzene rings is 2. The molecule has 1 atom stereocenters. The highest BCUT2D eigenvalue weighted by molar-refractivity contribution is 5.92. The Labute approximate surface area is 160 Å². The Hall–Kier alpha value is -3.08. The quantitative estimate of drug-likeness (QED) is 0.671. The molecule has 1 unspecified atom stereocenters. The lowest BCUT2D eigenvalue weighted by atomic mass is 10.0. The van der Waals surface area contributed by atoms with Crippen molar-refractivity contribution in [1.82, 2.24) is 15.1 Å². The minimum absolute atomic E-state index is 0.0837. The summed E-state index contributed by atoms with van der Waals surface area (Å²) in [6.45, 7) is 6.52.